The molecule has 10 nitrogen and oxygen atoms in total. The van der Waals surface area contributed by atoms with E-state index < -0.39 is 5.82 Å². The Morgan fingerprint density at radius 2 is 1.90 bits per heavy atom. The molecule has 3 heterocycles. The lowest BCUT2D eigenvalue weighted by Crippen LogP contribution is -2.37. The van der Waals surface area contributed by atoms with Crippen molar-refractivity contribution in [3.8, 4) is 5.75 Å². The number of aromatic hydroxyl groups is 1. The van der Waals surface area contributed by atoms with Gasteiger partial charge in [0, 0.05) is 42.1 Å². The zero-order valence-electron chi connectivity index (χ0n) is 20.8. The van der Waals surface area contributed by atoms with Crippen molar-refractivity contribution in [2.75, 3.05) is 47.3 Å². The van der Waals surface area contributed by atoms with E-state index in [0.717, 1.165) is 28.8 Å². The number of hydrogen-bond acceptors (Lipinski definition) is 10. The largest absolute Gasteiger partial charge is 0.508 e. The maximum atomic E-state index is 14.2. The van der Waals surface area contributed by atoms with Gasteiger partial charge in [-0.25, -0.2) is 14.8 Å². The molecular weight excluding hydrogens is 523 g/mol. The number of nitrogens with zero attached hydrogens (tertiary/aromatic N) is 5. The summed E-state index contributed by atoms with van der Waals surface area (Å²) >= 11 is 6.00. The number of rotatable bonds is 9. The first-order valence-corrected chi connectivity index (χ1v) is 12.6. The van der Waals surface area contributed by atoms with Gasteiger partial charge in [-0.05, 0) is 42.0 Å². The number of phenolic OH excluding ortho intramolecular Hbond substituents is 1. The van der Waals surface area contributed by atoms with Crippen LogP contribution in [0.4, 0.5) is 33.2 Å². The van der Waals surface area contributed by atoms with Crippen LogP contribution in [0.5, 0.6) is 5.75 Å². The van der Waals surface area contributed by atoms with Crippen LogP contribution in [0.25, 0.3) is 0 Å². The number of morpholine rings is 1. The number of hydrazone groups is 1. The van der Waals surface area contributed by atoms with Crippen molar-refractivity contribution in [3.63, 3.8) is 0 Å². The third kappa shape index (κ3) is 7.30. The van der Waals surface area contributed by atoms with Gasteiger partial charge in [0.25, 0.3) is 0 Å². The van der Waals surface area contributed by atoms with Crippen molar-refractivity contribution in [2.45, 2.75) is 6.54 Å². The zero-order chi connectivity index (χ0) is 27.0. The summed E-state index contributed by atoms with van der Waals surface area (Å²) in [6.45, 7) is 2.74. The summed E-state index contributed by atoms with van der Waals surface area (Å²) in [4.78, 5) is 14.4. The lowest BCUT2D eigenvalue weighted by Gasteiger charge is -2.27. The quantitative estimate of drug-likeness (QED) is 0.169. The number of ether oxygens (including phenoxy) is 1. The number of anilines is 5. The van der Waals surface area contributed by atoms with Crippen LogP contribution in [0.2, 0.25) is 5.02 Å². The van der Waals surface area contributed by atoms with Gasteiger partial charge in [-0.3, -0.25) is 4.98 Å². The summed E-state index contributed by atoms with van der Waals surface area (Å²) in [5, 5.41) is 20.9. The molecule has 5 rings (SSSR count). The molecule has 2 aromatic carbocycles. The second-order valence-electron chi connectivity index (χ2n) is 8.68. The van der Waals surface area contributed by atoms with Gasteiger partial charge in [0.05, 0.1) is 43.2 Å². The molecule has 0 bridgehead atoms. The molecule has 12 heteroatoms. The van der Waals surface area contributed by atoms with Crippen LogP contribution in [0, 0.1) is 5.82 Å². The Hall–Kier alpha value is -4.48. The number of pyridine rings is 1. The molecule has 4 aromatic rings. The van der Waals surface area contributed by atoms with Crippen molar-refractivity contribution < 1.29 is 14.2 Å². The molecule has 0 atom stereocenters. The van der Waals surface area contributed by atoms with E-state index >= 15 is 0 Å². The van der Waals surface area contributed by atoms with Crippen molar-refractivity contribution in [1.82, 2.24) is 15.0 Å². The Morgan fingerprint density at radius 1 is 1.03 bits per heavy atom. The summed E-state index contributed by atoms with van der Waals surface area (Å²) < 4.78 is 19.5. The van der Waals surface area contributed by atoms with E-state index in [4.69, 9.17) is 16.3 Å². The van der Waals surface area contributed by atoms with E-state index in [1.807, 2.05) is 41.3 Å². The van der Waals surface area contributed by atoms with E-state index in [9.17, 15) is 9.50 Å². The zero-order valence-corrected chi connectivity index (χ0v) is 21.6. The molecule has 200 valence electrons. The SMILES string of the molecule is Oc1cc(Cl)cc(NCc2cccc(Nc3ccc(/C=N/Nc4ncc(F)c(N5CCOCC5)n4)nc3)c2)c1. The van der Waals surface area contributed by atoms with Crippen LogP contribution in [0.3, 0.4) is 0 Å². The third-order valence-corrected chi connectivity index (χ3v) is 6.00. The third-order valence-electron chi connectivity index (χ3n) is 5.78. The van der Waals surface area contributed by atoms with Crippen molar-refractivity contribution in [2.24, 2.45) is 5.10 Å². The molecule has 0 spiro atoms. The van der Waals surface area contributed by atoms with Gasteiger partial charge < -0.3 is 25.4 Å². The fourth-order valence-corrected chi connectivity index (χ4v) is 4.16. The van der Waals surface area contributed by atoms with Gasteiger partial charge in [-0.15, -0.1) is 0 Å². The molecule has 2 aromatic heterocycles. The predicted molar refractivity (Wildman–Crippen MR) is 151 cm³/mol. The molecule has 0 aliphatic carbocycles. The smallest absolute Gasteiger partial charge is 0.245 e. The normalized spacial score (nSPS) is 13.4. The predicted octanol–water partition coefficient (Wildman–Crippen LogP) is 5.01. The topological polar surface area (TPSA) is 120 Å². The van der Waals surface area contributed by atoms with Gasteiger partial charge >= 0.3 is 0 Å². The van der Waals surface area contributed by atoms with Gasteiger partial charge in [0.2, 0.25) is 5.95 Å². The second-order valence-corrected chi connectivity index (χ2v) is 9.12. The standard InChI is InChI=1S/C27H26ClFN8O2/c28-19-11-23(13-24(38)12-19)30-14-18-2-1-3-20(10-18)34-22-5-4-21(31-15-22)16-33-36-27-32-17-25(29)26(35-27)37-6-8-39-9-7-37/h1-5,10-13,15-17,30,34,38H,6-9,14H2,(H,32,35,36)/b33-16+. The average Bonchev–Trinajstić information content (AvgIpc) is 2.94. The Bertz CT molecular complexity index is 1430. The number of nitrogens with one attached hydrogen (secondary N) is 3. The molecule has 1 saturated heterocycles. The molecule has 1 aliphatic heterocycles. The van der Waals surface area contributed by atoms with Crippen LogP contribution in [-0.2, 0) is 11.3 Å². The number of halogens is 2. The second kappa shape index (κ2) is 12.4. The summed E-state index contributed by atoms with van der Waals surface area (Å²) in [5.74, 6) is 0.0374. The van der Waals surface area contributed by atoms with E-state index in [1.165, 1.54) is 12.3 Å². The maximum absolute atomic E-state index is 14.2. The van der Waals surface area contributed by atoms with Crippen LogP contribution in [-0.4, -0.2) is 52.6 Å². The van der Waals surface area contributed by atoms with Gasteiger partial charge in [-0.2, -0.15) is 10.1 Å². The number of benzene rings is 2. The highest BCUT2D eigenvalue weighted by Crippen LogP contribution is 2.24. The lowest BCUT2D eigenvalue weighted by molar-refractivity contribution is 0.122. The van der Waals surface area contributed by atoms with Crippen LogP contribution >= 0.6 is 11.6 Å². The van der Waals surface area contributed by atoms with Crippen molar-refractivity contribution in [1.29, 1.82) is 0 Å². The fraction of sp³-hybridized carbons (Fsp3) is 0.185. The first kappa shape index (κ1) is 26.1. The van der Waals surface area contributed by atoms with E-state index in [0.29, 0.717) is 43.6 Å². The van der Waals surface area contributed by atoms with Gasteiger partial charge in [-0.1, -0.05) is 23.7 Å². The molecule has 0 saturated carbocycles. The first-order valence-electron chi connectivity index (χ1n) is 12.2. The Morgan fingerprint density at radius 3 is 2.69 bits per heavy atom. The highest BCUT2D eigenvalue weighted by Gasteiger charge is 2.17. The Kier molecular flexibility index (Phi) is 8.29. The molecule has 4 N–H and O–H groups in total. The molecule has 0 amide bonds. The number of aromatic nitrogens is 3. The summed E-state index contributed by atoms with van der Waals surface area (Å²) in [6.07, 6.45) is 4.36. The minimum atomic E-state index is -0.487. The van der Waals surface area contributed by atoms with Gasteiger partial charge in [0.1, 0.15) is 5.75 Å². The van der Waals surface area contributed by atoms with Crippen LogP contribution in [0.15, 0.2) is 72.1 Å². The number of hydrogen-bond donors (Lipinski definition) is 4. The monoisotopic (exact) mass is 548 g/mol. The minimum absolute atomic E-state index is 0.110. The summed E-state index contributed by atoms with van der Waals surface area (Å²) in [7, 11) is 0. The minimum Gasteiger partial charge on any atom is -0.508 e. The molecule has 1 fully saturated rings. The molecule has 39 heavy (non-hydrogen) atoms. The summed E-state index contributed by atoms with van der Waals surface area (Å²) in [5.41, 5.74) is 6.83. The van der Waals surface area contributed by atoms with E-state index in [2.05, 4.69) is 36.1 Å². The van der Waals surface area contributed by atoms with Gasteiger partial charge in [0.15, 0.2) is 11.6 Å². The average molecular weight is 549 g/mol. The maximum Gasteiger partial charge on any atom is 0.245 e. The van der Waals surface area contributed by atoms with E-state index in [1.54, 1.807) is 18.3 Å². The molecule has 1 aliphatic rings. The van der Waals surface area contributed by atoms with Crippen LogP contribution in [0.1, 0.15) is 11.3 Å². The van der Waals surface area contributed by atoms with Crippen molar-refractivity contribution in [3.05, 3.63) is 89.1 Å². The highest BCUT2D eigenvalue weighted by molar-refractivity contribution is 6.31. The molecule has 0 unspecified atom stereocenters. The molecule has 0 radical (unpaired) electrons. The Balaban J connectivity index is 1.15. The fourth-order valence-electron chi connectivity index (χ4n) is 3.93. The lowest BCUT2D eigenvalue weighted by atomic mass is 10.2. The molecular formula is C27H26ClFN8O2. The first-order chi connectivity index (χ1) is 19.0. The number of phenols is 1. The summed E-state index contributed by atoms with van der Waals surface area (Å²) in [6, 6.07) is 16.5. The van der Waals surface area contributed by atoms with E-state index in [-0.39, 0.29) is 17.5 Å². The highest BCUT2D eigenvalue weighted by atomic mass is 35.5. The Labute approximate surface area is 229 Å². The van der Waals surface area contributed by atoms with Crippen molar-refractivity contribution >= 4 is 46.6 Å². The van der Waals surface area contributed by atoms with Crippen LogP contribution < -0.4 is 21.0 Å².